The van der Waals surface area contributed by atoms with Crippen molar-refractivity contribution in [2.45, 2.75) is 26.9 Å². The smallest absolute Gasteiger partial charge is 0.148 e. The standard InChI is InChI=1S/C20H23Br2NO2/c1-3-24-10-4-9-23-13-17-11-18(21)20(19(22)12-17)25-14-16-7-5-15(2)6-8-16/h5-8,11-13H,3-4,9-10,14H2,1-2H3/b23-13+. The molecular weight excluding hydrogens is 446 g/mol. The fourth-order valence-electron chi connectivity index (χ4n) is 2.20. The summed E-state index contributed by atoms with van der Waals surface area (Å²) in [6, 6.07) is 12.4. The number of nitrogens with zero attached hydrogens (tertiary/aromatic N) is 1. The number of benzene rings is 2. The number of hydrogen-bond acceptors (Lipinski definition) is 3. The van der Waals surface area contributed by atoms with E-state index in [1.807, 2.05) is 25.3 Å². The maximum absolute atomic E-state index is 5.96. The van der Waals surface area contributed by atoms with Crippen molar-refractivity contribution in [1.82, 2.24) is 0 Å². The van der Waals surface area contributed by atoms with Crippen LogP contribution in [0.15, 0.2) is 50.3 Å². The number of rotatable bonds is 9. The zero-order valence-electron chi connectivity index (χ0n) is 14.6. The summed E-state index contributed by atoms with van der Waals surface area (Å²) in [4.78, 5) is 4.44. The molecule has 0 saturated carbocycles. The van der Waals surface area contributed by atoms with Crippen LogP contribution in [-0.4, -0.2) is 26.0 Å². The summed E-state index contributed by atoms with van der Waals surface area (Å²) in [6.45, 7) is 6.89. The molecular formula is C20H23Br2NO2. The van der Waals surface area contributed by atoms with E-state index in [1.165, 1.54) is 5.56 Å². The molecule has 134 valence electrons. The Bertz CT molecular complexity index is 676. The van der Waals surface area contributed by atoms with Gasteiger partial charge in [-0.2, -0.15) is 0 Å². The summed E-state index contributed by atoms with van der Waals surface area (Å²) in [5.74, 6) is 0.800. The van der Waals surface area contributed by atoms with Crippen LogP contribution in [0.25, 0.3) is 0 Å². The number of halogens is 2. The predicted octanol–water partition coefficient (Wildman–Crippen LogP) is 5.94. The van der Waals surface area contributed by atoms with Crippen LogP contribution >= 0.6 is 31.9 Å². The van der Waals surface area contributed by atoms with E-state index in [0.29, 0.717) is 6.61 Å². The zero-order chi connectivity index (χ0) is 18.1. The number of hydrogen-bond donors (Lipinski definition) is 0. The lowest BCUT2D eigenvalue weighted by molar-refractivity contribution is 0.146. The van der Waals surface area contributed by atoms with Crippen molar-refractivity contribution in [3.8, 4) is 5.75 Å². The summed E-state index contributed by atoms with van der Waals surface area (Å²) in [6.07, 6.45) is 2.82. The van der Waals surface area contributed by atoms with E-state index < -0.39 is 0 Å². The second-order valence-electron chi connectivity index (χ2n) is 5.67. The van der Waals surface area contributed by atoms with E-state index in [1.54, 1.807) is 0 Å². The first-order valence-corrected chi connectivity index (χ1v) is 9.93. The first-order chi connectivity index (χ1) is 12.1. The molecule has 0 bridgehead atoms. The highest BCUT2D eigenvalue weighted by Crippen LogP contribution is 2.35. The van der Waals surface area contributed by atoms with Gasteiger partial charge in [0.1, 0.15) is 12.4 Å². The molecule has 0 amide bonds. The van der Waals surface area contributed by atoms with Crippen molar-refractivity contribution in [1.29, 1.82) is 0 Å². The molecule has 0 aromatic heterocycles. The minimum absolute atomic E-state index is 0.530. The molecule has 0 fully saturated rings. The molecule has 0 spiro atoms. The molecule has 3 nitrogen and oxygen atoms in total. The van der Waals surface area contributed by atoms with Crippen LogP contribution < -0.4 is 4.74 Å². The Balaban J connectivity index is 1.94. The lowest BCUT2D eigenvalue weighted by atomic mass is 10.2. The SMILES string of the molecule is CCOCCC/N=C/c1cc(Br)c(OCc2ccc(C)cc2)c(Br)c1. The van der Waals surface area contributed by atoms with Crippen LogP contribution in [-0.2, 0) is 11.3 Å². The topological polar surface area (TPSA) is 30.8 Å². The molecule has 0 aliphatic heterocycles. The van der Waals surface area contributed by atoms with E-state index in [9.17, 15) is 0 Å². The minimum Gasteiger partial charge on any atom is -0.487 e. The van der Waals surface area contributed by atoms with Crippen molar-refractivity contribution in [2.75, 3.05) is 19.8 Å². The molecule has 2 aromatic carbocycles. The maximum Gasteiger partial charge on any atom is 0.148 e. The van der Waals surface area contributed by atoms with Gasteiger partial charge in [0.15, 0.2) is 0 Å². The molecule has 25 heavy (non-hydrogen) atoms. The van der Waals surface area contributed by atoms with E-state index in [4.69, 9.17) is 9.47 Å². The number of aliphatic imine (C=N–C) groups is 1. The fourth-order valence-corrected chi connectivity index (χ4v) is 3.65. The maximum atomic E-state index is 5.96. The summed E-state index contributed by atoms with van der Waals surface area (Å²) in [7, 11) is 0. The van der Waals surface area contributed by atoms with Crippen molar-refractivity contribution in [3.05, 3.63) is 62.0 Å². The van der Waals surface area contributed by atoms with Crippen LogP contribution in [0.2, 0.25) is 0 Å². The Morgan fingerprint density at radius 1 is 1.08 bits per heavy atom. The van der Waals surface area contributed by atoms with Gasteiger partial charge in [0.2, 0.25) is 0 Å². The van der Waals surface area contributed by atoms with E-state index >= 15 is 0 Å². The number of ether oxygens (including phenoxy) is 2. The first-order valence-electron chi connectivity index (χ1n) is 8.35. The Labute approximate surface area is 166 Å². The average Bonchev–Trinajstić information content (AvgIpc) is 2.59. The third-order valence-electron chi connectivity index (χ3n) is 3.54. The molecule has 2 rings (SSSR count). The second kappa shape index (κ2) is 10.7. The zero-order valence-corrected chi connectivity index (χ0v) is 17.8. The largest absolute Gasteiger partial charge is 0.487 e. The summed E-state index contributed by atoms with van der Waals surface area (Å²) >= 11 is 7.18. The normalized spacial score (nSPS) is 11.2. The van der Waals surface area contributed by atoms with Crippen molar-refractivity contribution in [2.24, 2.45) is 4.99 Å². The van der Waals surface area contributed by atoms with Crippen LogP contribution in [0.4, 0.5) is 0 Å². The third-order valence-corrected chi connectivity index (χ3v) is 4.72. The van der Waals surface area contributed by atoms with Gasteiger partial charge in [0.05, 0.1) is 8.95 Å². The Morgan fingerprint density at radius 2 is 1.76 bits per heavy atom. The molecule has 0 radical (unpaired) electrons. The van der Waals surface area contributed by atoms with Gasteiger partial charge in [-0.05, 0) is 75.4 Å². The highest BCUT2D eigenvalue weighted by Gasteiger charge is 2.09. The molecule has 2 aromatic rings. The van der Waals surface area contributed by atoms with Crippen molar-refractivity contribution < 1.29 is 9.47 Å². The Kier molecular flexibility index (Phi) is 8.65. The van der Waals surface area contributed by atoms with Crippen LogP contribution in [0, 0.1) is 6.92 Å². The Hall–Kier alpha value is -1.17. The highest BCUT2D eigenvalue weighted by molar-refractivity contribution is 9.11. The van der Waals surface area contributed by atoms with Crippen molar-refractivity contribution >= 4 is 38.1 Å². The monoisotopic (exact) mass is 467 g/mol. The molecule has 0 unspecified atom stereocenters. The van der Waals surface area contributed by atoms with Crippen LogP contribution in [0.5, 0.6) is 5.75 Å². The average molecular weight is 469 g/mol. The third kappa shape index (κ3) is 6.92. The first kappa shape index (κ1) is 20.1. The molecule has 0 aliphatic carbocycles. The van der Waals surface area contributed by atoms with Gasteiger partial charge in [0.25, 0.3) is 0 Å². The molecule has 0 N–H and O–H groups in total. The Morgan fingerprint density at radius 3 is 2.40 bits per heavy atom. The predicted molar refractivity (Wildman–Crippen MR) is 111 cm³/mol. The van der Waals surface area contributed by atoms with Gasteiger partial charge in [-0.15, -0.1) is 0 Å². The van der Waals surface area contributed by atoms with Crippen molar-refractivity contribution in [3.63, 3.8) is 0 Å². The van der Waals surface area contributed by atoms with Gasteiger partial charge in [-0.1, -0.05) is 29.8 Å². The lowest BCUT2D eigenvalue weighted by Gasteiger charge is -2.11. The van der Waals surface area contributed by atoms with Gasteiger partial charge >= 0.3 is 0 Å². The quantitative estimate of drug-likeness (QED) is 0.336. The van der Waals surface area contributed by atoms with Gasteiger partial charge < -0.3 is 9.47 Å². The number of aryl methyl sites for hydroxylation is 1. The highest BCUT2D eigenvalue weighted by atomic mass is 79.9. The van der Waals surface area contributed by atoms with Gasteiger partial charge in [-0.3, -0.25) is 4.99 Å². The summed E-state index contributed by atoms with van der Waals surface area (Å²) in [5.41, 5.74) is 3.41. The summed E-state index contributed by atoms with van der Waals surface area (Å²) in [5, 5.41) is 0. The van der Waals surface area contributed by atoms with Gasteiger partial charge in [-0.25, -0.2) is 0 Å². The molecule has 0 saturated heterocycles. The second-order valence-corrected chi connectivity index (χ2v) is 7.38. The molecule has 0 atom stereocenters. The van der Waals surface area contributed by atoms with E-state index in [-0.39, 0.29) is 0 Å². The molecule has 5 heteroatoms. The van der Waals surface area contributed by atoms with Crippen LogP contribution in [0.3, 0.4) is 0 Å². The lowest BCUT2D eigenvalue weighted by Crippen LogP contribution is -1.98. The van der Waals surface area contributed by atoms with Crippen LogP contribution in [0.1, 0.15) is 30.0 Å². The molecule has 0 heterocycles. The van der Waals surface area contributed by atoms with Gasteiger partial charge in [0, 0.05) is 26.0 Å². The molecule has 0 aliphatic rings. The van der Waals surface area contributed by atoms with E-state index in [0.717, 1.165) is 52.0 Å². The minimum atomic E-state index is 0.530. The fraction of sp³-hybridized carbons (Fsp3) is 0.350. The summed E-state index contributed by atoms with van der Waals surface area (Å²) < 4.78 is 13.1. The van der Waals surface area contributed by atoms with E-state index in [2.05, 4.69) is 68.0 Å².